The number of aliphatic carboxylic acids is 2. The van der Waals surface area contributed by atoms with Gasteiger partial charge in [0.15, 0.2) is 0 Å². The Labute approximate surface area is 102 Å². The summed E-state index contributed by atoms with van der Waals surface area (Å²) >= 11 is 0. The van der Waals surface area contributed by atoms with E-state index in [0.29, 0.717) is 6.42 Å². The summed E-state index contributed by atoms with van der Waals surface area (Å²) in [4.78, 5) is 19.9. The number of carbonyl (C=O) groups is 2. The number of carboxylic acid groups (broad SMARTS) is 2. The molecule has 0 rings (SSSR count). The maximum absolute atomic E-state index is 9.98. The summed E-state index contributed by atoms with van der Waals surface area (Å²) in [6, 6.07) is -0.667. The third-order valence-corrected chi connectivity index (χ3v) is 1.69. The molecule has 0 aliphatic carbocycles. The highest BCUT2D eigenvalue weighted by Crippen LogP contribution is 1.96. The van der Waals surface area contributed by atoms with Crippen molar-refractivity contribution in [3.05, 3.63) is 0 Å². The zero-order chi connectivity index (χ0) is 14.1. The second-order valence-electron chi connectivity index (χ2n) is 4.73. The molecule has 0 spiro atoms. The number of nitrogens with one attached hydrogen (secondary N) is 1. The number of carboxylic acids is 2. The minimum atomic E-state index is -0.910. The van der Waals surface area contributed by atoms with Crippen LogP contribution in [-0.4, -0.2) is 40.3 Å². The van der Waals surface area contributed by atoms with Crippen molar-refractivity contribution >= 4 is 11.9 Å². The summed E-state index contributed by atoms with van der Waals surface area (Å²) in [5.74, 6) is -1.73. The molecule has 0 aromatic rings. The molecule has 0 saturated heterocycles. The highest BCUT2D eigenvalue weighted by Gasteiger charge is 2.09. The van der Waals surface area contributed by atoms with Crippen molar-refractivity contribution in [2.75, 3.05) is 6.54 Å². The van der Waals surface area contributed by atoms with Crippen LogP contribution < -0.4 is 11.1 Å². The van der Waals surface area contributed by atoms with Crippen molar-refractivity contribution < 1.29 is 19.8 Å². The van der Waals surface area contributed by atoms with Gasteiger partial charge in [0.05, 0.1) is 6.54 Å². The van der Waals surface area contributed by atoms with Crippen molar-refractivity contribution in [1.29, 1.82) is 0 Å². The van der Waals surface area contributed by atoms with E-state index in [0.717, 1.165) is 6.42 Å². The summed E-state index contributed by atoms with van der Waals surface area (Å²) < 4.78 is 0. The lowest BCUT2D eigenvalue weighted by molar-refractivity contribution is -0.139. The van der Waals surface area contributed by atoms with Crippen LogP contribution in [0.3, 0.4) is 0 Å². The van der Waals surface area contributed by atoms with Crippen LogP contribution in [0, 0.1) is 0 Å². The van der Waals surface area contributed by atoms with Crippen molar-refractivity contribution in [3.63, 3.8) is 0 Å². The van der Waals surface area contributed by atoms with Crippen LogP contribution in [0.5, 0.6) is 0 Å². The molecule has 0 radical (unpaired) electrons. The Kier molecular flexibility index (Phi) is 9.60. The molecule has 0 aromatic carbocycles. The van der Waals surface area contributed by atoms with Crippen LogP contribution in [-0.2, 0) is 9.59 Å². The summed E-state index contributed by atoms with van der Waals surface area (Å²) in [5, 5.41) is 19.2. The van der Waals surface area contributed by atoms with E-state index in [4.69, 9.17) is 15.9 Å². The van der Waals surface area contributed by atoms with E-state index < -0.39 is 18.0 Å². The molecule has 1 atom stereocenters. The summed E-state index contributed by atoms with van der Waals surface area (Å²) in [6.45, 7) is 7.72. The van der Waals surface area contributed by atoms with Crippen LogP contribution in [0.15, 0.2) is 0 Å². The van der Waals surface area contributed by atoms with Gasteiger partial charge in [-0.15, -0.1) is 0 Å². The molecule has 6 heteroatoms. The van der Waals surface area contributed by atoms with Crippen molar-refractivity contribution in [2.45, 2.75) is 52.1 Å². The largest absolute Gasteiger partial charge is 0.480 e. The highest BCUT2D eigenvalue weighted by atomic mass is 16.4. The van der Waals surface area contributed by atoms with E-state index in [2.05, 4.69) is 5.32 Å². The molecule has 0 aliphatic heterocycles. The van der Waals surface area contributed by atoms with Gasteiger partial charge < -0.3 is 21.3 Å². The van der Waals surface area contributed by atoms with Gasteiger partial charge in [0.2, 0.25) is 0 Å². The Morgan fingerprint density at radius 2 is 1.76 bits per heavy atom. The third kappa shape index (κ3) is 17.5. The highest BCUT2D eigenvalue weighted by molar-refractivity contribution is 5.72. The third-order valence-electron chi connectivity index (χ3n) is 1.69. The van der Waals surface area contributed by atoms with Crippen LogP contribution in [0.4, 0.5) is 0 Å². The molecular formula is C11H24N2O4. The molecule has 0 aromatic heterocycles. The summed E-state index contributed by atoms with van der Waals surface area (Å²) in [7, 11) is 0. The first-order chi connectivity index (χ1) is 7.60. The second kappa shape index (κ2) is 8.95. The minimum absolute atomic E-state index is 0.0312. The van der Waals surface area contributed by atoms with Crippen molar-refractivity contribution in [1.82, 2.24) is 5.32 Å². The molecule has 0 aliphatic rings. The molecule has 0 heterocycles. The molecule has 0 amide bonds. The van der Waals surface area contributed by atoms with Gasteiger partial charge in [0, 0.05) is 5.54 Å². The van der Waals surface area contributed by atoms with E-state index in [9.17, 15) is 9.59 Å². The van der Waals surface area contributed by atoms with Crippen LogP contribution >= 0.6 is 0 Å². The number of nitrogens with two attached hydrogens (primary N) is 1. The lowest BCUT2D eigenvalue weighted by Gasteiger charge is -2.18. The van der Waals surface area contributed by atoms with E-state index >= 15 is 0 Å². The smallest absolute Gasteiger partial charge is 0.320 e. The zero-order valence-corrected chi connectivity index (χ0v) is 11.0. The Balaban J connectivity index is 0. The standard InChI is InChI=1S/C6H13NO2.C5H11NO2/c1-6(2,3)7-4-5(8)9;1-2-3-4(6)5(7)8/h7H,4H2,1-3H3,(H,8,9);4H,2-3,6H2,1H3,(H,7,8)/t;4-/m.0/s1. The molecule has 102 valence electrons. The van der Waals surface area contributed by atoms with Gasteiger partial charge in [-0.1, -0.05) is 13.3 Å². The van der Waals surface area contributed by atoms with E-state index in [1.165, 1.54) is 0 Å². The first-order valence-corrected chi connectivity index (χ1v) is 5.55. The molecule has 17 heavy (non-hydrogen) atoms. The average Bonchev–Trinajstić information content (AvgIpc) is 2.15. The fourth-order valence-electron chi connectivity index (χ4n) is 0.775. The summed E-state index contributed by atoms with van der Waals surface area (Å²) in [5.41, 5.74) is 5.03. The van der Waals surface area contributed by atoms with Gasteiger partial charge in [-0.25, -0.2) is 0 Å². The Morgan fingerprint density at radius 3 is 1.88 bits per heavy atom. The first kappa shape index (κ1) is 18.2. The fraction of sp³-hybridized carbons (Fsp3) is 0.818. The van der Waals surface area contributed by atoms with Crippen molar-refractivity contribution in [2.24, 2.45) is 5.73 Å². The number of hydrogen-bond acceptors (Lipinski definition) is 4. The van der Waals surface area contributed by atoms with Crippen LogP contribution in [0.1, 0.15) is 40.5 Å². The van der Waals surface area contributed by atoms with Gasteiger partial charge in [-0.2, -0.15) is 0 Å². The maximum Gasteiger partial charge on any atom is 0.320 e. The van der Waals surface area contributed by atoms with Gasteiger partial charge in [-0.3, -0.25) is 9.59 Å². The second-order valence-corrected chi connectivity index (χ2v) is 4.73. The maximum atomic E-state index is 9.98. The monoisotopic (exact) mass is 248 g/mol. The van der Waals surface area contributed by atoms with E-state index in [1.807, 2.05) is 27.7 Å². The molecule has 0 unspecified atom stereocenters. The fourth-order valence-corrected chi connectivity index (χ4v) is 0.775. The SMILES string of the molecule is CC(C)(C)NCC(=O)O.CCC[C@H](N)C(=O)O. The van der Waals surface area contributed by atoms with Crippen LogP contribution in [0.25, 0.3) is 0 Å². The predicted octanol–water partition coefficient (Wildman–Crippen LogP) is 0.658. The first-order valence-electron chi connectivity index (χ1n) is 5.55. The molecule has 0 bridgehead atoms. The van der Waals surface area contributed by atoms with E-state index in [1.54, 1.807) is 0 Å². The molecule has 6 nitrogen and oxygen atoms in total. The number of rotatable bonds is 5. The number of hydrogen-bond donors (Lipinski definition) is 4. The van der Waals surface area contributed by atoms with E-state index in [-0.39, 0.29) is 12.1 Å². The van der Waals surface area contributed by atoms with Crippen molar-refractivity contribution in [3.8, 4) is 0 Å². The lowest BCUT2D eigenvalue weighted by Crippen LogP contribution is -2.39. The van der Waals surface area contributed by atoms with Gasteiger partial charge >= 0.3 is 11.9 Å². The lowest BCUT2D eigenvalue weighted by atomic mass is 10.1. The normalized spacial score (nSPS) is 12.3. The van der Waals surface area contributed by atoms with Gasteiger partial charge in [0.1, 0.15) is 6.04 Å². The van der Waals surface area contributed by atoms with Gasteiger partial charge in [0.25, 0.3) is 0 Å². The zero-order valence-electron chi connectivity index (χ0n) is 11.0. The topological polar surface area (TPSA) is 113 Å². The van der Waals surface area contributed by atoms with Crippen LogP contribution in [0.2, 0.25) is 0 Å². The Hall–Kier alpha value is -1.14. The molecular weight excluding hydrogens is 224 g/mol. The molecule has 5 N–H and O–H groups in total. The average molecular weight is 248 g/mol. The Morgan fingerprint density at radius 1 is 1.29 bits per heavy atom. The van der Waals surface area contributed by atoms with Gasteiger partial charge in [-0.05, 0) is 27.2 Å². The predicted molar refractivity (Wildman–Crippen MR) is 65.9 cm³/mol. The molecule has 0 saturated carbocycles. The Bertz CT molecular complexity index is 236. The summed E-state index contributed by atoms with van der Waals surface area (Å²) in [6.07, 6.45) is 1.39. The molecule has 0 fully saturated rings. The minimum Gasteiger partial charge on any atom is -0.480 e. The quantitative estimate of drug-likeness (QED) is 0.568.